The molecule has 17 unspecified atom stereocenters. The summed E-state index contributed by atoms with van der Waals surface area (Å²) in [7, 11) is 0. The van der Waals surface area contributed by atoms with Crippen molar-refractivity contribution >= 4 is 5.91 Å². The lowest BCUT2D eigenvalue weighted by Gasteiger charge is -2.48. The number of carbonyl (C=O) groups excluding carboxylic acids is 1. The minimum Gasteiger partial charge on any atom is -0.394 e. The number of nitrogens with one attached hydrogen (secondary N) is 1. The first-order valence-corrected chi connectivity index (χ1v) is 42.2. The Labute approximate surface area is 656 Å². The van der Waals surface area contributed by atoms with Crippen LogP contribution in [0.4, 0.5) is 0 Å². The van der Waals surface area contributed by atoms with Gasteiger partial charge in [0.2, 0.25) is 5.91 Å². The van der Waals surface area contributed by atoms with E-state index in [2.05, 4.69) is 165 Å². The van der Waals surface area contributed by atoms with E-state index >= 15 is 0 Å². The zero-order chi connectivity index (χ0) is 78.8. The van der Waals surface area contributed by atoms with Crippen LogP contribution in [0.25, 0.3) is 0 Å². The quantitative estimate of drug-likeness (QED) is 0.0199. The number of ether oxygens (including phenoxy) is 6. The number of hydrogen-bond donors (Lipinski definition) is 12. The third-order valence-corrected chi connectivity index (χ3v) is 19.8. The predicted molar refractivity (Wildman–Crippen MR) is 438 cm³/mol. The zero-order valence-electron chi connectivity index (χ0n) is 66.7. The molecule has 0 aliphatic carbocycles. The third-order valence-electron chi connectivity index (χ3n) is 19.8. The lowest BCUT2D eigenvalue weighted by molar-refractivity contribution is -0.379. The molecule has 19 heteroatoms. The number of rotatable bonds is 65. The summed E-state index contributed by atoms with van der Waals surface area (Å²) in [5.74, 6) is -0.309. The molecule has 19 nitrogen and oxygen atoms in total. The highest BCUT2D eigenvalue weighted by molar-refractivity contribution is 5.76. The normalized spacial score (nSPS) is 26.1. The molecule has 0 aromatic heterocycles. The Bertz CT molecular complexity index is 2590. The van der Waals surface area contributed by atoms with Gasteiger partial charge in [-0.1, -0.05) is 300 Å². The van der Waals surface area contributed by atoms with Crippen LogP contribution in [-0.2, 0) is 33.2 Å². The SMILES string of the molecule is CC/C=C\C/C=C\C/C=C\C/C=C\C/C=C\C/C=C\C/C=C\C/C=C\C/C=C\C/C=C\CCCCCCCCC(=O)NC(COC1OC(CO)C(OC2OC(CO)C(OC3OC(CO)C(O)C(O)C3O)C(O)C2O)C(O)C1O)C(O)/C=C/CC/C=C/CC/C=C/CCCCCCCCCCCCCCCCCCC. The van der Waals surface area contributed by atoms with Crippen molar-refractivity contribution in [2.45, 2.75) is 375 Å². The number of unbranched alkanes of at least 4 members (excludes halogenated alkanes) is 25. The molecule has 0 aromatic carbocycles. The monoisotopic (exact) mass is 1530 g/mol. The fourth-order valence-corrected chi connectivity index (χ4v) is 13.1. The molecule has 0 aromatic rings. The Morgan fingerprint density at radius 1 is 0.339 bits per heavy atom. The Kier molecular flexibility index (Phi) is 61.4. The summed E-state index contributed by atoms with van der Waals surface area (Å²) in [6.07, 6.45) is 73.7. The van der Waals surface area contributed by atoms with E-state index in [0.717, 1.165) is 128 Å². The van der Waals surface area contributed by atoms with E-state index in [9.17, 15) is 61.0 Å². The smallest absolute Gasteiger partial charge is 0.220 e. The predicted octanol–water partition coefficient (Wildman–Crippen LogP) is 15.2. The lowest BCUT2D eigenvalue weighted by Crippen LogP contribution is -2.66. The highest BCUT2D eigenvalue weighted by Crippen LogP contribution is 2.33. The Morgan fingerprint density at radius 2 is 0.642 bits per heavy atom. The van der Waals surface area contributed by atoms with E-state index in [-0.39, 0.29) is 18.9 Å². The van der Waals surface area contributed by atoms with E-state index < -0.39 is 124 Å². The van der Waals surface area contributed by atoms with Crippen LogP contribution in [0.5, 0.6) is 0 Å². The minimum absolute atomic E-state index is 0.204. The van der Waals surface area contributed by atoms with Crippen LogP contribution in [0.3, 0.4) is 0 Å². The topological polar surface area (TPSA) is 307 Å². The molecule has 3 heterocycles. The standard InChI is InChI=1S/C90H149NO18/c1-3-5-7-9-11-13-15-17-19-21-23-25-27-29-31-32-33-34-35-36-37-38-39-40-42-44-46-48-50-52-54-56-58-60-62-64-66-68-78(96)91-73(74(95)67-65-63-61-59-57-55-53-51-49-47-45-43-41-30-28-26-24-22-20-18-16-14-12-10-8-6-4-2)72-104-88-84(102)81(99)86(76(70-93)106-88)109-90-85(103)82(100)87(77(71-94)107-90)108-89-83(101)80(98)79(97)75(69-92)105-89/h5,7,11,13,17,19,23,25,29,31,33-34,36-37,39-40,44,46,49-52,57,59,65,67,73-77,79-90,92-95,97-103H,3-4,6,8-10,12,14-16,18,20-22,24,26-28,30,32,35,38,41-43,45,47-48,53-56,58,60-64,66,68-72H2,1-2H3,(H,91,96)/b7-5-,13-11-,19-17-,25-23-,31-29-,34-33-,37-36-,40-39-,46-44-,51-49+,52-50-,59-57+,67-65+. The van der Waals surface area contributed by atoms with Gasteiger partial charge in [0, 0.05) is 6.42 Å². The molecular weight excluding hydrogens is 1380 g/mol. The number of amides is 1. The summed E-state index contributed by atoms with van der Waals surface area (Å²) in [5, 5.41) is 121. The number of hydrogen-bond acceptors (Lipinski definition) is 18. The molecule has 109 heavy (non-hydrogen) atoms. The summed E-state index contributed by atoms with van der Waals surface area (Å²) in [5.41, 5.74) is 0. The summed E-state index contributed by atoms with van der Waals surface area (Å²) < 4.78 is 34.4. The number of aliphatic hydroxyl groups excluding tert-OH is 11. The number of aliphatic hydroxyl groups is 11. The minimum atomic E-state index is -1.99. The molecule has 0 bridgehead atoms. The second-order valence-electron chi connectivity index (χ2n) is 29.2. The largest absolute Gasteiger partial charge is 0.394 e. The summed E-state index contributed by atoms with van der Waals surface area (Å²) in [6.45, 7) is 1.59. The second-order valence-corrected chi connectivity index (χ2v) is 29.2. The van der Waals surface area contributed by atoms with Gasteiger partial charge in [0.15, 0.2) is 18.9 Å². The highest BCUT2D eigenvalue weighted by atomic mass is 16.8. The van der Waals surface area contributed by atoms with Gasteiger partial charge >= 0.3 is 0 Å². The first-order valence-electron chi connectivity index (χ1n) is 42.2. The Morgan fingerprint density at radius 3 is 1.03 bits per heavy atom. The zero-order valence-corrected chi connectivity index (χ0v) is 66.7. The number of carbonyl (C=O) groups is 1. The van der Waals surface area contributed by atoms with Gasteiger partial charge in [-0.25, -0.2) is 0 Å². The fourth-order valence-electron chi connectivity index (χ4n) is 13.1. The van der Waals surface area contributed by atoms with E-state index in [1.165, 1.54) is 109 Å². The van der Waals surface area contributed by atoms with Crippen molar-refractivity contribution in [2.24, 2.45) is 0 Å². The van der Waals surface area contributed by atoms with E-state index in [1.54, 1.807) is 6.08 Å². The second kappa shape index (κ2) is 67.9. The third kappa shape index (κ3) is 47.0. The maximum Gasteiger partial charge on any atom is 0.220 e. The molecule has 3 saturated heterocycles. The van der Waals surface area contributed by atoms with Crippen LogP contribution in [0.2, 0.25) is 0 Å². The fraction of sp³-hybridized carbons (Fsp3) is 0.700. The molecule has 1 amide bonds. The molecule has 3 rings (SSSR count). The van der Waals surface area contributed by atoms with E-state index in [4.69, 9.17) is 28.4 Å². The van der Waals surface area contributed by atoms with Gasteiger partial charge in [-0.2, -0.15) is 0 Å². The van der Waals surface area contributed by atoms with Crippen LogP contribution in [-0.4, -0.2) is 193 Å². The average molecular weight is 1530 g/mol. The first-order chi connectivity index (χ1) is 53.3. The van der Waals surface area contributed by atoms with Gasteiger partial charge in [0.25, 0.3) is 0 Å². The lowest BCUT2D eigenvalue weighted by atomic mass is 9.96. The van der Waals surface area contributed by atoms with Gasteiger partial charge < -0.3 is 89.9 Å². The summed E-state index contributed by atoms with van der Waals surface area (Å²) >= 11 is 0. The van der Waals surface area contributed by atoms with E-state index in [0.29, 0.717) is 12.8 Å². The molecule has 3 aliphatic heterocycles. The summed E-state index contributed by atoms with van der Waals surface area (Å²) in [6, 6.07) is -1.02. The molecule has 17 atom stereocenters. The molecular formula is C90H149NO18. The Hall–Kier alpha value is -4.59. The van der Waals surface area contributed by atoms with Crippen molar-refractivity contribution in [3.05, 3.63) is 158 Å². The van der Waals surface area contributed by atoms with Crippen molar-refractivity contribution in [2.75, 3.05) is 26.4 Å². The number of allylic oxidation sites excluding steroid dienone is 25. The maximum atomic E-state index is 13.5. The van der Waals surface area contributed by atoms with Gasteiger partial charge in [-0.15, -0.1) is 0 Å². The maximum absolute atomic E-state index is 13.5. The van der Waals surface area contributed by atoms with Crippen LogP contribution in [0.15, 0.2) is 158 Å². The molecule has 0 saturated carbocycles. The molecule has 0 radical (unpaired) electrons. The Balaban J connectivity index is 1.39. The average Bonchev–Trinajstić information content (AvgIpc) is 0.760. The van der Waals surface area contributed by atoms with Gasteiger partial charge in [0.05, 0.1) is 38.6 Å². The van der Waals surface area contributed by atoms with Crippen LogP contribution >= 0.6 is 0 Å². The van der Waals surface area contributed by atoms with Crippen LogP contribution < -0.4 is 5.32 Å². The molecule has 3 aliphatic rings. The van der Waals surface area contributed by atoms with Gasteiger partial charge in [-0.3, -0.25) is 4.79 Å². The molecule has 12 N–H and O–H groups in total. The van der Waals surface area contributed by atoms with E-state index in [1.807, 2.05) is 6.08 Å². The highest BCUT2D eigenvalue weighted by Gasteiger charge is 2.54. The van der Waals surface area contributed by atoms with Crippen molar-refractivity contribution in [1.29, 1.82) is 0 Å². The van der Waals surface area contributed by atoms with Crippen molar-refractivity contribution in [3.8, 4) is 0 Å². The van der Waals surface area contributed by atoms with Crippen molar-refractivity contribution in [1.82, 2.24) is 5.32 Å². The molecule has 0 spiro atoms. The summed E-state index contributed by atoms with van der Waals surface area (Å²) in [4.78, 5) is 13.5. The van der Waals surface area contributed by atoms with Crippen molar-refractivity contribution < 1.29 is 89.4 Å². The van der Waals surface area contributed by atoms with Crippen LogP contribution in [0.1, 0.15) is 271 Å². The van der Waals surface area contributed by atoms with Crippen LogP contribution in [0, 0.1) is 0 Å². The van der Waals surface area contributed by atoms with Crippen molar-refractivity contribution in [3.63, 3.8) is 0 Å². The molecule has 622 valence electrons. The van der Waals surface area contributed by atoms with Gasteiger partial charge in [-0.05, 0) is 122 Å². The van der Waals surface area contributed by atoms with Gasteiger partial charge in [0.1, 0.15) is 73.2 Å². The molecule has 3 fully saturated rings. The first kappa shape index (κ1) is 98.6.